The number of rotatable bonds is 14. The van der Waals surface area contributed by atoms with Crippen molar-refractivity contribution in [1.82, 2.24) is 20.1 Å². The zero-order valence-electron chi connectivity index (χ0n) is 27.6. The third kappa shape index (κ3) is 8.92. The molecule has 0 unspecified atom stereocenters. The molecule has 3 amide bonds. The van der Waals surface area contributed by atoms with Crippen molar-refractivity contribution in [3.8, 4) is 0 Å². The maximum Gasteiger partial charge on any atom is 0.246 e. The summed E-state index contributed by atoms with van der Waals surface area (Å²) in [6, 6.07) is 21.8. The second-order valence-electron chi connectivity index (χ2n) is 12.9. The summed E-state index contributed by atoms with van der Waals surface area (Å²) < 4.78 is 13.8. The van der Waals surface area contributed by atoms with Crippen LogP contribution in [0.25, 0.3) is 10.8 Å². The van der Waals surface area contributed by atoms with Gasteiger partial charge in [-0.25, -0.2) is 4.39 Å². The van der Waals surface area contributed by atoms with Gasteiger partial charge in [-0.2, -0.15) is 0 Å². The topological polar surface area (TPSA) is 109 Å². The zero-order chi connectivity index (χ0) is 34.1. The van der Waals surface area contributed by atoms with Gasteiger partial charge in [-0.1, -0.05) is 60.7 Å². The Morgan fingerprint density at radius 1 is 0.875 bits per heavy atom. The molecule has 1 heterocycles. The van der Waals surface area contributed by atoms with Crippen LogP contribution < -0.4 is 11.1 Å². The molecule has 3 aromatic carbocycles. The number of amides is 3. The van der Waals surface area contributed by atoms with E-state index < -0.39 is 12.1 Å². The number of carbonyl (C=O) groups excluding carboxylic acids is 3. The van der Waals surface area contributed by atoms with Crippen LogP contribution in [0.2, 0.25) is 0 Å². The van der Waals surface area contributed by atoms with E-state index in [-0.39, 0.29) is 41.9 Å². The van der Waals surface area contributed by atoms with Crippen molar-refractivity contribution in [2.75, 3.05) is 20.6 Å². The lowest BCUT2D eigenvalue weighted by Crippen LogP contribution is -2.56. The molecule has 9 heteroatoms. The molecule has 5 rings (SSSR count). The highest BCUT2D eigenvalue weighted by Gasteiger charge is 2.35. The fourth-order valence-electron chi connectivity index (χ4n) is 6.11. The number of benzene rings is 3. The van der Waals surface area contributed by atoms with Crippen molar-refractivity contribution in [1.29, 1.82) is 0 Å². The number of fused-ring (bicyclic) bond motifs is 1. The SMILES string of the molecule is CN(C(=O)/C=C/CC1(N)CCC1)[C@H](Cc1ccc2ccccc2c1)C(=O)N(C)[C@H](Cc1ccc(F)cc1)C(=O)NCCc1ccncc1. The van der Waals surface area contributed by atoms with E-state index in [0.717, 1.165) is 41.2 Å². The minimum absolute atomic E-state index is 0.169. The summed E-state index contributed by atoms with van der Waals surface area (Å²) in [4.78, 5) is 48.7. The highest BCUT2D eigenvalue weighted by molar-refractivity contribution is 5.95. The van der Waals surface area contributed by atoms with Crippen molar-refractivity contribution >= 4 is 28.5 Å². The number of carbonyl (C=O) groups is 3. The number of pyridine rings is 1. The van der Waals surface area contributed by atoms with Gasteiger partial charge in [0.25, 0.3) is 0 Å². The summed E-state index contributed by atoms with van der Waals surface area (Å²) in [7, 11) is 3.21. The quantitative estimate of drug-likeness (QED) is 0.187. The predicted octanol–water partition coefficient (Wildman–Crippen LogP) is 5.00. The van der Waals surface area contributed by atoms with E-state index in [1.165, 1.54) is 28.0 Å². The van der Waals surface area contributed by atoms with Crippen LogP contribution >= 0.6 is 0 Å². The summed E-state index contributed by atoms with van der Waals surface area (Å²) >= 11 is 0. The third-order valence-corrected chi connectivity index (χ3v) is 9.40. The maximum atomic E-state index is 14.5. The fraction of sp³-hybridized carbons (Fsp3) is 0.333. The van der Waals surface area contributed by atoms with Gasteiger partial charge in [0.2, 0.25) is 17.7 Å². The van der Waals surface area contributed by atoms with E-state index in [4.69, 9.17) is 5.73 Å². The highest BCUT2D eigenvalue weighted by Crippen LogP contribution is 2.32. The summed E-state index contributed by atoms with van der Waals surface area (Å²) in [5.74, 6) is -1.42. The van der Waals surface area contributed by atoms with Crippen LogP contribution in [0.4, 0.5) is 4.39 Å². The lowest BCUT2D eigenvalue weighted by atomic mass is 9.75. The van der Waals surface area contributed by atoms with Crippen LogP contribution in [0.3, 0.4) is 0 Å². The van der Waals surface area contributed by atoms with E-state index in [9.17, 15) is 18.8 Å². The summed E-state index contributed by atoms with van der Waals surface area (Å²) in [5, 5.41) is 5.08. The van der Waals surface area contributed by atoms with Gasteiger partial charge in [-0.15, -0.1) is 0 Å². The van der Waals surface area contributed by atoms with E-state index in [2.05, 4.69) is 10.3 Å². The molecule has 1 saturated carbocycles. The number of hydrogen-bond acceptors (Lipinski definition) is 5. The van der Waals surface area contributed by atoms with Gasteiger partial charge in [0.05, 0.1) is 0 Å². The number of likely N-dealkylation sites (N-methyl/N-ethyl adjacent to an activating group) is 2. The number of halogens is 1. The molecule has 2 atom stereocenters. The lowest BCUT2D eigenvalue weighted by Gasteiger charge is -2.37. The van der Waals surface area contributed by atoms with Crippen molar-refractivity contribution in [2.24, 2.45) is 5.73 Å². The van der Waals surface area contributed by atoms with Gasteiger partial charge in [-0.05, 0) is 89.9 Å². The van der Waals surface area contributed by atoms with Crippen molar-refractivity contribution < 1.29 is 18.8 Å². The molecule has 1 fully saturated rings. The number of nitrogens with two attached hydrogens (primary N) is 1. The monoisotopic (exact) mass is 649 g/mol. The molecule has 4 aromatic rings. The van der Waals surface area contributed by atoms with Crippen LogP contribution in [0.5, 0.6) is 0 Å². The highest BCUT2D eigenvalue weighted by atomic mass is 19.1. The molecule has 1 aliphatic rings. The molecule has 0 radical (unpaired) electrons. The molecule has 8 nitrogen and oxygen atoms in total. The first-order valence-electron chi connectivity index (χ1n) is 16.5. The predicted molar refractivity (Wildman–Crippen MR) is 186 cm³/mol. The summed E-state index contributed by atoms with van der Waals surface area (Å²) in [5.41, 5.74) is 8.70. The van der Waals surface area contributed by atoms with Crippen molar-refractivity contribution in [3.63, 3.8) is 0 Å². The standard InChI is InChI=1S/C39H44FN5O3/c1-44(36(46)9-5-19-39(41)20-6-21-39)35(27-30-10-13-31-7-3-4-8-32(31)25-30)38(48)45(2)34(26-29-11-14-33(40)15-12-29)37(47)43-24-18-28-16-22-42-23-17-28/h3-5,7-17,22-23,25,34-35H,6,18-21,24,26-27,41H2,1-2H3,(H,43,47)/b9-5+/t34-,35-/m1/s1. The van der Waals surface area contributed by atoms with E-state index in [1.54, 1.807) is 44.7 Å². The molecule has 250 valence electrons. The van der Waals surface area contributed by atoms with Gasteiger partial charge in [0.15, 0.2) is 0 Å². The average molecular weight is 650 g/mol. The van der Waals surface area contributed by atoms with Gasteiger partial charge in [-0.3, -0.25) is 19.4 Å². The van der Waals surface area contributed by atoms with Crippen molar-refractivity contribution in [3.05, 3.63) is 126 Å². The number of nitrogens with zero attached hydrogens (tertiary/aromatic N) is 3. The largest absolute Gasteiger partial charge is 0.354 e. The lowest BCUT2D eigenvalue weighted by molar-refractivity contribution is -0.146. The molecule has 0 bridgehead atoms. The van der Waals surface area contributed by atoms with E-state index in [0.29, 0.717) is 24.9 Å². The Kier molecular flexibility index (Phi) is 11.3. The van der Waals surface area contributed by atoms with Gasteiger partial charge in [0, 0.05) is 51.4 Å². The Bertz CT molecular complexity index is 1740. The second-order valence-corrected chi connectivity index (χ2v) is 12.9. The number of nitrogens with one attached hydrogen (secondary N) is 1. The maximum absolute atomic E-state index is 14.5. The summed E-state index contributed by atoms with van der Waals surface area (Å²) in [6.07, 6.45) is 11.2. The smallest absolute Gasteiger partial charge is 0.246 e. The molecule has 1 aliphatic carbocycles. The first-order chi connectivity index (χ1) is 23.1. The van der Waals surface area contributed by atoms with Crippen LogP contribution in [0.15, 0.2) is 103 Å². The van der Waals surface area contributed by atoms with Crippen LogP contribution in [-0.2, 0) is 33.6 Å². The first kappa shape index (κ1) is 34.4. The molecule has 48 heavy (non-hydrogen) atoms. The zero-order valence-corrected chi connectivity index (χ0v) is 27.6. The Hall–Kier alpha value is -4.89. The number of aromatic nitrogens is 1. The third-order valence-electron chi connectivity index (χ3n) is 9.40. The molecule has 0 aliphatic heterocycles. The Morgan fingerprint density at radius 2 is 1.54 bits per heavy atom. The second kappa shape index (κ2) is 15.8. The number of hydrogen-bond donors (Lipinski definition) is 2. The van der Waals surface area contributed by atoms with E-state index >= 15 is 0 Å². The molecule has 0 saturated heterocycles. The molecule has 3 N–H and O–H groups in total. The van der Waals surface area contributed by atoms with Crippen molar-refractivity contribution in [2.45, 2.75) is 62.6 Å². The molecule has 1 aromatic heterocycles. The van der Waals surface area contributed by atoms with Gasteiger partial charge in [0.1, 0.15) is 17.9 Å². The van der Waals surface area contributed by atoms with Crippen LogP contribution in [-0.4, -0.2) is 70.8 Å². The van der Waals surface area contributed by atoms with Gasteiger partial charge >= 0.3 is 0 Å². The summed E-state index contributed by atoms with van der Waals surface area (Å²) in [6.45, 7) is 0.358. The fourth-order valence-corrected chi connectivity index (χ4v) is 6.11. The van der Waals surface area contributed by atoms with E-state index in [1.807, 2.05) is 54.6 Å². The molecular weight excluding hydrogens is 605 g/mol. The van der Waals surface area contributed by atoms with Gasteiger partial charge < -0.3 is 20.9 Å². The molecular formula is C39H44FN5O3. The average Bonchev–Trinajstić information content (AvgIpc) is 3.09. The Morgan fingerprint density at radius 3 is 2.23 bits per heavy atom. The van der Waals surface area contributed by atoms with Crippen LogP contribution in [0.1, 0.15) is 42.4 Å². The first-order valence-corrected chi connectivity index (χ1v) is 16.5. The van der Waals surface area contributed by atoms with Crippen LogP contribution in [0, 0.1) is 5.82 Å². The Balaban J connectivity index is 1.39. The minimum atomic E-state index is -0.908. The molecule has 0 spiro atoms. The minimum Gasteiger partial charge on any atom is -0.354 e. The Labute approximate surface area is 281 Å². The normalized spacial score (nSPS) is 15.0.